The van der Waals surface area contributed by atoms with E-state index in [-0.39, 0.29) is 17.6 Å². The lowest BCUT2D eigenvalue weighted by Crippen LogP contribution is -2.61. The van der Waals surface area contributed by atoms with E-state index < -0.39 is 18.0 Å². The highest BCUT2D eigenvalue weighted by Gasteiger charge is 2.56. The van der Waals surface area contributed by atoms with Crippen LogP contribution >= 0.6 is 15.9 Å². The summed E-state index contributed by atoms with van der Waals surface area (Å²) in [4.78, 5) is 24.6. The Hall–Kier alpha value is -0.880. The fourth-order valence-electron chi connectivity index (χ4n) is 2.31. The zero-order chi connectivity index (χ0) is 12.0. The van der Waals surface area contributed by atoms with E-state index >= 15 is 0 Å². The second-order valence-electron chi connectivity index (χ2n) is 3.99. The number of aliphatic hydroxyl groups is 1. The molecule has 3 atom stereocenters. The summed E-state index contributed by atoms with van der Waals surface area (Å²) in [7, 11) is 1.28. The minimum Gasteiger partial charge on any atom is -0.464 e. The summed E-state index contributed by atoms with van der Waals surface area (Å²) in [5.41, 5.74) is 0.273. The monoisotopic (exact) mass is 289 g/mol. The van der Waals surface area contributed by atoms with E-state index in [0.717, 1.165) is 0 Å². The van der Waals surface area contributed by atoms with E-state index in [0.29, 0.717) is 10.9 Å². The maximum absolute atomic E-state index is 11.8. The van der Waals surface area contributed by atoms with Gasteiger partial charge < -0.3 is 14.7 Å². The smallest absolute Gasteiger partial charge is 0.355 e. The molecule has 5 nitrogen and oxygen atoms in total. The number of aliphatic hydroxyl groups excluding tert-OH is 1. The second-order valence-corrected chi connectivity index (χ2v) is 4.95. The molecule has 2 heterocycles. The minimum absolute atomic E-state index is 0.115. The number of rotatable bonds is 2. The third kappa shape index (κ3) is 1.40. The lowest BCUT2D eigenvalue weighted by Gasteiger charge is -2.44. The second kappa shape index (κ2) is 3.85. The molecule has 0 spiro atoms. The lowest BCUT2D eigenvalue weighted by molar-refractivity contribution is -0.161. The summed E-state index contributed by atoms with van der Waals surface area (Å²) >= 11 is 3.27. The minimum atomic E-state index is -0.689. The van der Waals surface area contributed by atoms with Crippen LogP contribution < -0.4 is 0 Å². The van der Waals surface area contributed by atoms with Gasteiger partial charge in [-0.25, -0.2) is 4.79 Å². The van der Waals surface area contributed by atoms with Crippen LogP contribution in [0, 0.1) is 5.92 Å². The quantitative estimate of drug-likeness (QED) is 0.589. The Morgan fingerprint density at radius 2 is 2.31 bits per heavy atom. The number of halogens is 1. The van der Waals surface area contributed by atoms with Crippen molar-refractivity contribution in [1.82, 2.24) is 4.90 Å². The largest absolute Gasteiger partial charge is 0.464 e. The van der Waals surface area contributed by atoms with Crippen molar-refractivity contribution in [2.45, 2.75) is 25.5 Å². The Kier molecular flexibility index (Phi) is 2.79. The molecule has 0 aromatic rings. The van der Waals surface area contributed by atoms with Crippen LogP contribution in [-0.2, 0) is 14.3 Å². The number of ether oxygens (including phenoxy) is 1. The van der Waals surface area contributed by atoms with Crippen molar-refractivity contribution in [2.75, 3.05) is 7.11 Å². The summed E-state index contributed by atoms with van der Waals surface area (Å²) < 4.78 is 5.29. The number of methoxy groups -OCH3 is 1. The van der Waals surface area contributed by atoms with Gasteiger partial charge in [0.2, 0.25) is 5.91 Å². The van der Waals surface area contributed by atoms with E-state index in [1.165, 1.54) is 12.0 Å². The predicted molar refractivity (Wildman–Crippen MR) is 58.4 cm³/mol. The van der Waals surface area contributed by atoms with E-state index in [1.54, 1.807) is 6.92 Å². The first-order chi connectivity index (χ1) is 7.49. The van der Waals surface area contributed by atoms with Gasteiger partial charge in [-0.05, 0) is 6.92 Å². The number of esters is 1. The number of carbonyl (C=O) groups excluding carboxylic acids is 2. The standard InChI is InChI=1S/C10H12BrNO4/c1-4(13)7-6-3-5(11)8(10(15)16-2)12(6)9(7)14/h4,6-7,13H,3H2,1-2H3. The number of hydrogen-bond donors (Lipinski definition) is 1. The summed E-state index contributed by atoms with van der Waals surface area (Å²) in [6, 6.07) is -0.115. The average molecular weight is 290 g/mol. The van der Waals surface area contributed by atoms with Gasteiger partial charge in [0, 0.05) is 10.9 Å². The van der Waals surface area contributed by atoms with Crippen LogP contribution in [0.25, 0.3) is 0 Å². The van der Waals surface area contributed by atoms with Crippen molar-refractivity contribution in [2.24, 2.45) is 5.92 Å². The van der Waals surface area contributed by atoms with E-state index in [1.807, 2.05) is 0 Å². The highest BCUT2D eigenvalue weighted by atomic mass is 79.9. The van der Waals surface area contributed by atoms with Gasteiger partial charge in [0.1, 0.15) is 5.70 Å². The van der Waals surface area contributed by atoms with Gasteiger partial charge in [-0.2, -0.15) is 0 Å². The highest BCUT2D eigenvalue weighted by molar-refractivity contribution is 9.11. The van der Waals surface area contributed by atoms with Gasteiger partial charge in [0.25, 0.3) is 0 Å². The molecule has 1 saturated heterocycles. The van der Waals surface area contributed by atoms with Crippen LogP contribution in [0.5, 0.6) is 0 Å². The number of carbonyl (C=O) groups is 2. The van der Waals surface area contributed by atoms with E-state index in [2.05, 4.69) is 20.7 Å². The first-order valence-electron chi connectivity index (χ1n) is 4.97. The van der Waals surface area contributed by atoms with Crippen LogP contribution in [0.1, 0.15) is 13.3 Å². The molecule has 2 aliphatic heterocycles. The zero-order valence-electron chi connectivity index (χ0n) is 8.94. The summed E-state index contributed by atoms with van der Waals surface area (Å²) in [6.07, 6.45) is -0.128. The molecule has 0 aromatic heterocycles. The molecule has 3 unspecified atom stereocenters. The molecule has 2 rings (SSSR count). The molecule has 0 aromatic carbocycles. The fourth-order valence-corrected chi connectivity index (χ4v) is 2.99. The predicted octanol–water partition coefficient (Wildman–Crippen LogP) is 0.377. The van der Waals surface area contributed by atoms with Gasteiger partial charge in [-0.1, -0.05) is 15.9 Å². The van der Waals surface area contributed by atoms with Crippen LogP contribution in [0.2, 0.25) is 0 Å². The van der Waals surface area contributed by atoms with Crippen molar-refractivity contribution in [1.29, 1.82) is 0 Å². The van der Waals surface area contributed by atoms with Crippen molar-refractivity contribution in [3.05, 3.63) is 10.2 Å². The first kappa shape index (κ1) is 11.6. The van der Waals surface area contributed by atoms with Crippen molar-refractivity contribution in [3.63, 3.8) is 0 Å². The summed E-state index contributed by atoms with van der Waals surface area (Å²) in [5.74, 6) is -1.14. The summed E-state index contributed by atoms with van der Waals surface area (Å²) in [5, 5.41) is 9.46. The Bertz CT molecular complexity index is 390. The molecule has 16 heavy (non-hydrogen) atoms. The van der Waals surface area contributed by atoms with Crippen molar-refractivity contribution < 1.29 is 19.4 Å². The number of hydrogen-bond acceptors (Lipinski definition) is 4. The van der Waals surface area contributed by atoms with Gasteiger partial charge in [0.15, 0.2) is 0 Å². The SMILES string of the molecule is COC(=O)C1=C(Br)CC2C(C(C)O)C(=O)N12. The molecule has 6 heteroatoms. The molecule has 88 valence electrons. The Labute approximate surface area is 101 Å². The Balaban J connectivity index is 2.24. The van der Waals surface area contributed by atoms with Gasteiger partial charge in [-0.3, -0.25) is 4.79 Å². The van der Waals surface area contributed by atoms with E-state index in [9.17, 15) is 14.7 Å². The molecule has 1 fully saturated rings. The molecular formula is C10H12BrNO4. The number of β-lactam (4-membered cyclic amide) rings is 1. The van der Waals surface area contributed by atoms with Crippen molar-refractivity contribution in [3.8, 4) is 0 Å². The molecule has 0 saturated carbocycles. The maximum Gasteiger partial charge on any atom is 0.355 e. The molecule has 1 N–H and O–H groups in total. The normalized spacial score (nSPS) is 30.0. The number of fused-ring (bicyclic) bond motifs is 1. The third-order valence-corrected chi connectivity index (χ3v) is 3.75. The first-order valence-corrected chi connectivity index (χ1v) is 5.76. The zero-order valence-corrected chi connectivity index (χ0v) is 10.5. The molecule has 0 bridgehead atoms. The lowest BCUT2D eigenvalue weighted by atomic mass is 9.83. The summed E-state index contributed by atoms with van der Waals surface area (Å²) in [6.45, 7) is 1.59. The molecule has 2 aliphatic rings. The van der Waals surface area contributed by atoms with E-state index in [4.69, 9.17) is 0 Å². The topological polar surface area (TPSA) is 66.8 Å². The Morgan fingerprint density at radius 3 is 2.81 bits per heavy atom. The molecule has 0 radical (unpaired) electrons. The number of amides is 1. The number of nitrogens with zero attached hydrogens (tertiary/aromatic N) is 1. The van der Waals surface area contributed by atoms with Crippen molar-refractivity contribution >= 4 is 27.8 Å². The van der Waals surface area contributed by atoms with Crippen LogP contribution in [0.4, 0.5) is 0 Å². The molecule has 1 amide bonds. The maximum atomic E-state index is 11.8. The molecule has 0 aliphatic carbocycles. The Morgan fingerprint density at radius 1 is 1.69 bits per heavy atom. The van der Waals surface area contributed by atoms with Crippen LogP contribution in [-0.4, -0.2) is 41.1 Å². The third-order valence-electron chi connectivity index (χ3n) is 3.05. The van der Waals surface area contributed by atoms with Gasteiger partial charge in [-0.15, -0.1) is 0 Å². The average Bonchev–Trinajstić information content (AvgIpc) is 2.50. The fraction of sp³-hybridized carbons (Fsp3) is 0.600. The van der Waals surface area contributed by atoms with Gasteiger partial charge >= 0.3 is 5.97 Å². The van der Waals surface area contributed by atoms with Crippen LogP contribution in [0.3, 0.4) is 0 Å². The highest BCUT2D eigenvalue weighted by Crippen LogP contribution is 2.45. The molecular weight excluding hydrogens is 278 g/mol. The van der Waals surface area contributed by atoms with Crippen LogP contribution in [0.15, 0.2) is 10.2 Å². The van der Waals surface area contributed by atoms with Gasteiger partial charge in [0.05, 0.1) is 25.2 Å².